The highest BCUT2D eigenvalue weighted by Crippen LogP contribution is 2.38. The molecule has 2 fully saturated rings. The van der Waals surface area contributed by atoms with Crippen LogP contribution in [0, 0.1) is 21.8 Å². The average molecular weight is 415 g/mol. The van der Waals surface area contributed by atoms with E-state index in [2.05, 4.69) is 4.90 Å². The molecule has 30 heavy (non-hydrogen) atoms. The summed E-state index contributed by atoms with van der Waals surface area (Å²) in [6, 6.07) is 10.4. The quantitative estimate of drug-likeness (QED) is 0.592. The number of hydrogen-bond acceptors (Lipinski definition) is 6. The van der Waals surface area contributed by atoms with Crippen molar-refractivity contribution < 1.29 is 24.0 Å². The van der Waals surface area contributed by atoms with Gasteiger partial charge in [0.25, 0.3) is 5.69 Å². The van der Waals surface area contributed by atoms with Gasteiger partial charge in [-0.3, -0.25) is 15.0 Å². The number of hydrogen-bond donors (Lipinski definition) is 1. The number of carbonyl (C=O) groups excluding carboxylic acids is 1. The molecule has 1 N–H and O–H groups in total. The number of piperidine rings is 1. The maximum Gasteiger partial charge on any atom is 0.414 e. The van der Waals surface area contributed by atoms with Crippen LogP contribution in [0.4, 0.5) is 26.2 Å². The molecule has 0 aliphatic carbocycles. The molecule has 1 unspecified atom stereocenters. The molecule has 8 nitrogen and oxygen atoms in total. The van der Waals surface area contributed by atoms with Gasteiger partial charge in [0.05, 0.1) is 28.9 Å². The lowest BCUT2D eigenvalue weighted by Crippen LogP contribution is -2.37. The van der Waals surface area contributed by atoms with Gasteiger partial charge in [0.15, 0.2) is 0 Å². The van der Waals surface area contributed by atoms with Gasteiger partial charge in [0.2, 0.25) is 0 Å². The summed E-state index contributed by atoms with van der Waals surface area (Å²) < 4.78 is 18.1. The highest BCUT2D eigenvalue weighted by atomic mass is 19.1. The predicted octanol–water partition coefficient (Wildman–Crippen LogP) is 3.64. The van der Waals surface area contributed by atoms with E-state index in [4.69, 9.17) is 4.74 Å². The Morgan fingerprint density at radius 2 is 1.80 bits per heavy atom. The fourth-order valence-corrected chi connectivity index (χ4v) is 4.11. The second-order valence-corrected chi connectivity index (χ2v) is 7.52. The molecule has 2 aromatic carbocycles. The normalized spacial score (nSPS) is 18.4. The molecule has 0 spiro atoms. The number of benzene rings is 2. The Kier molecular flexibility index (Phi) is 5.54. The van der Waals surface area contributed by atoms with Crippen LogP contribution in [-0.4, -0.2) is 42.4 Å². The van der Waals surface area contributed by atoms with E-state index in [0.29, 0.717) is 43.7 Å². The van der Waals surface area contributed by atoms with Gasteiger partial charge in [0, 0.05) is 25.2 Å². The summed E-state index contributed by atoms with van der Waals surface area (Å²) in [5.74, 6) is -0.322. The smallest absolute Gasteiger partial charge is 0.414 e. The largest absolute Gasteiger partial charge is 0.447 e. The maximum absolute atomic E-state index is 13.1. The van der Waals surface area contributed by atoms with Crippen molar-refractivity contribution in [3.05, 3.63) is 64.0 Å². The first-order valence-electron chi connectivity index (χ1n) is 9.85. The van der Waals surface area contributed by atoms with Crippen LogP contribution in [0.1, 0.15) is 24.5 Å². The van der Waals surface area contributed by atoms with Crippen molar-refractivity contribution >= 4 is 23.2 Å². The minimum absolute atomic E-state index is 0.0185. The number of aliphatic hydroxyl groups excluding tert-OH is 1. The van der Waals surface area contributed by atoms with Crippen molar-refractivity contribution in [3.8, 4) is 0 Å². The first-order chi connectivity index (χ1) is 14.4. The molecule has 0 radical (unpaired) electrons. The molecule has 0 bridgehead atoms. The van der Waals surface area contributed by atoms with Gasteiger partial charge >= 0.3 is 6.09 Å². The SMILES string of the molecule is O=C1OCCN1c1cc([N+](=O)[O-])ccc1N1CCC(C(O)c2ccc(F)cc2)CC1. The number of anilines is 2. The Morgan fingerprint density at radius 1 is 1.10 bits per heavy atom. The van der Waals surface area contributed by atoms with Gasteiger partial charge in [-0.25, -0.2) is 9.18 Å². The van der Waals surface area contributed by atoms with Gasteiger partial charge in [-0.05, 0) is 42.5 Å². The molecule has 2 saturated heterocycles. The minimum Gasteiger partial charge on any atom is -0.447 e. The standard InChI is InChI=1S/C21H22FN3O5/c22-16-3-1-14(2-4-16)20(26)15-7-9-23(10-8-15)18-6-5-17(25(28)29)13-19(18)24-11-12-30-21(24)27/h1-6,13,15,20,26H,7-12H2. The Bertz CT molecular complexity index is 944. The number of aliphatic hydroxyl groups is 1. The molecular formula is C21H22FN3O5. The Balaban J connectivity index is 1.52. The summed E-state index contributed by atoms with van der Waals surface area (Å²) in [4.78, 5) is 26.3. The number of nitro benzene ring substituents is 1. The minimum atomic E-state index is -0.683. The second kappa shape index (κ2) is 8.27. The molecule has 1 amide bonds. The van der Waals surface area contributed by atoms with E-state index in [0.717, 1.165) is 5.69 Å². The summed E-state index contributed by atoms with van der Waals surface area (Å²) in [6.07, 6.45) is 0.190. The van der Waals surface area contributed by atoms with Gasteiger partial charge in [0.1, 0.15) is 12.4 Å². The van der Waals surface area contributed by atoms with Crippen LogP contribution < -0.4 is 9.80 Å². The van der Waals surface area contributed by atoms with Crippen LogP contribution in [0.3, 0.4) is 0 Å². The first-order valence-corrected chi connectivity index (χ1v) is 9.85. The van der Waals surface area contributed by atoms with E-state index >= 15 is 0 Å². The fraction of sp³-hybridized carbons (Fsp3) is 0.381. The third-order valence-electron chi connectivity index (χ3n) is 5.76. The number of cyclic esters (lactones) is 1. The third kappa shape index (κ3) is 3.93. The van der Waals surface area contributed by atoms with Gasteiger partial charge < -0.3 is 14.7 Å². The second-order valence-electron chi connectivity index (χ2n) is 7.52. The lowest BCUT2D eigenvalue weighted by molar-refractivity contribution is -0.384. The molecule has 2 aromatic rings. The van der Waals surface area contributed by atoms with Gasteiger partial charge in [-0.15, -0.1) is 0 Å². The van der Waals surface area contributed by atoms with Crippen LogP contribution in [0.5, 0.6) is 0 Å². The molecule has 0 aromatic heterocycles. The summed E-state index contributed by atoms with van der Waals surface area (Å²) in [5, 5.41) is 21.9. The number of rotatable bonds is 5. The average Bonchev–Trinajstić information content (AvgIpc) is 3.19. The molecular weight excluding hydrogens is 393 g/mol. The molecule has 9 heteroatoms. The van der Waals surface area contributed by atoms with Crippen molar-refractivity contribution in [3.63, 3.8) is 0 Å². The fourth-order valence-electron chi connectivity index (χ4n) is 4.11. The van der Waals surface area contributed by atoms with Crippen LogP contribution in [0.2, 0.25) is 0 Å². The first kappa shape index (κ1) is 20.1. The zero-order valence-corrected chi connectivity index (χ0v) is 16.2. The zero-order chi connectivity index (χ0) is 21.3. The van der Waals surface area contributed by atoms with Crippen LogP contribution in [0.15, 0.2) is 42.5 Å². The molecule has 2 aliphatic rings. The monoisotopic (exact) mass is 415 g/mol. The summed E-state index contributed by atoms with van der Waals surface area (Å²) in [5.41, 5.74) is 1.79. The van der Waals surface area contributed by atoms with Crippen molar-refractivity contribution in [2.75, 3.05) is 36.0 Å². The molecule has 158 valence electrons. The number of non-ortho nitro benzene ring substituents is 1. The third-order valence-corrected chi connectivity index (χ3v) is 5.76. The molecule has 0 saturated carbocycles. The summed E-state index contributed by atoms with van der Waals surface area (Å²) in [6.45, 7) is 1.83. The zero-order valence-electron chi connectivity index (χ0n) is 16.2. The summed E-state index contributed by atoms with van der Waals surface area (Å²) >= 11 is 0. The number of ether oxygens (including phenoxy) is 1. The van der Waals surface area contributed by atoms with E-state index in [-0.39, 0.29) is 24.0 Å². The highest BCUT2D eigenvalue weighted by Gasteiger charge is 2.32. The summed E-state index contributed by atoms with van der Waals surface area (Å²) in [7, 11) is 0. The van der Waals surface area contributed by atoms with E-state index in [1.165, 1.54) is 29.2 Å². The Labute approximate surface area is 172 Å². The molecule has 1 atom stereocenters. The Morgan fingerprint density at radius 3 is 2.40 bits per heavy atom. The topological polar surface area (TPSA) is 96.1 Å². The predicted molar refractivity (Wildman–Crippen MR) is 108 cm³/mol. The van der Waals surface area contributed by atoms with Crippen molar-refractivity contribution in [2.45, 2.75) is 18.9 Å². The van der Waals surface area contributed by atoms with E-state index < -0.39 is 17.1 Å². The lowest BCUT2D eigenvalue weighted by Gasteiger charge is -2.37. The van der Waals surface area contributed by atoms with E-state index in [9.17, 15) is 24.4 Å². The number of nitro groups is 1. The lowest BCUT2D eigenvalue weighted by atomic mass is 9.87. The van der Waals surface area contributed by atoms with Crippen molar-refractivity contribution in [1.82, 2.24) is 0 Å². The van der Waals surface area contributed by atoms with E-state index in [1.54, 1.807) is 18.2 Å². The number of halogens is 1. The van der Waals surface area contributed by atoms with Gasteiger partial charge in [-0.1, -0.05) is 12.1 Å². The van der Waals surface area contributed by atoms with E-state index in [1.807, 2.05) is 0 Å². The van der Waals surface area contributed by atoms with Crippen molar-refractivity contribution in [1.29, 1.82) is 0 Å². The molecule has 2 aliphatic heterocycles. The van der Waals surface area contributed by atoms with Crippen LogP contribution in [-0.2, 0) is 4.74 Å². The van der Waals surface area contributed by atoms with Crippen molar-refractivity contribution in [2.24, 2.45) is 5.92 Å². The van der Waals surface area contributed by atoms with Crippen LogP contribution >= 0.6 is 0 Å². The van der Waals surface area contributed by atoms with Gasteiger partial charge in [-0.2, -0.15) is 0 Å². The maximum atomic E-state index is 13.1. The molecule has 2 heterocycles. The number of amides is 1. The number of carbonyl (C=O) groups is 1. The van der Waals surface area contributed by atoms with Crippen LogP contribution in [0.25, 0.3) is 0 Å². The molecule has 4 rings (SSSR count). The highest BCUT2D eigenvalue weighted by molar-refractivity contribution is 5.94. The Hall–Kier alpha value is -3.20. The number of nitrogens with zero attached hydrogens (tertiary/aromatic N) is 3.